The van der Waals surface area contributed by atoms with Crippen LogP contribution in [0.25, 0.3) is 6.08 Å². The van der Waals surface area contributed by atoms with Crippen molar-refractivity contribution in [2.45, 2.75) is 13.3 Å². The van der Waals surface area contributed by atoms with Crippen molar-refractivity contribution in [2.24, 2.45) is 0 Å². The fourth-order valence-electron chi connectivity index (χ4n) is 3.71. The number of benzene rings is 2. The summed E-state index contributed by atoms with van der Waals surface area (Å²) in [6.45, 7) is 3.98. The Kier molecular flexibility index (Phi) is 7.62. The van der Waals surface area contributed by atoms with Crippen LogP contribution in [0.5, 0.6) is 5.75 Å². The predicted octanol–water partition coefficient (Wildman–Crippen LogP) is 2.92. The molecule has 9 nitrogen and oxygen atoms in total. The van der Waals surface area contributed by atoms with Crippen molar-refractivity contribution in [3.63, 3.8) is 0 Å². The van der Waals surface area contributed by atoms with Crippen LogP contribution in [0.2, 0.25) is 0 Å². The highest BCUT2D eigenvalue weighted by Gasteiger charge is 2.36. The van der Waals surface area contributed by atoms with Gasteiger partial charge in [0.15, 0.2) is 6.61 Å². The van der Waals surface area contributed by atoms with Gasteiger partial charge >= 0.3 is 6.03 Å². The van der Waals surface area contributed by atoms with Gasteiger partial charge < -0.3 is 14.4 Å². The average Bonchev–Trinajstić information content (AvgIpc) is 2.86. The number of nitrogens with one attached hydrogen (secondary N) is 1. The van der Waals surface area contributed by atoms with Gasteiger partial charge in [-0.25, -0.2) is 9.69 Å². The van der Waals surface area contributed by atoms with Crippen LogP contribution in [0.4, 0.5) is 10.5 Å². The second-order valence-electron chi connectivity index (χ2n) is 7.95. The smallest absolute Gasteiger partial charge is 0.335 e. The molecular formula is C25H24BrN3O6. The minimum Gasteiger partial charge on any atom is -0.483 e. The Balaban J connectivity index is 1.49. The number of carbonyl (C=O) groups excluding carboxylic acids is 4. The van der Waals surface area contributed by atoms with E-state index in [1.54, 1.807) is 35.2 Å². The first-order chi connectivity index (χ1) is 16.9. The van der Waals surface area contributed by atoms with Gasteiger partial charge in [0.05, 0.1) is 23.4 Å². The number of nitrogens with zero attached hydrogens (tertiary/aromatic N) is 2. The summed E-state index contributed by atoms with van der Waals surface area (Å²) in [5.74, 6) is -1.17. The summed E-state index contributed by atoms with van der Waals surface area (Å²) in [5, 5.41) is 2.22. The van der Waals surface area contributed by atoms with Gasteiger partial charge in [-0.3, -0.25) is 19.7 Å². The fraction of sp³-hybridized carbons (Fsp3) is 0.280. The highest BCUT2D eigenvalue weighted by Crippen LogP contribution is 2.28. The predicted molar refractivity (Wildman–Crippen MR) is 132 cm³/mol. The Morgan fingerprint density at radius 3 is 2.49 bits per heavy atom. The molecule has 2 aromatic carbocycles. The number of halogens is 1. The first kappa shape index (κ1) is 24.6. The second kappa shape index (κ2) is 10.8. The van der Waals surface area contributed by atoms with Crippen LogP contribution < -0.4 is 15.0 Å². The third kappa shape index (κ3) is 5.60. The lowest BCUT2D eigenvalue weighted by Gasteiger charge is -2.27. The lowest BCUT2D eigenvalue weighted by Crippen LogP contribution is -2.54. The summed E-state index contributed by atoms with van der Waals surface area (Å²) in [7, 11) is 0. The van der Waals surface area contributed by atoms with Gasteiger partial charge in [-0.05, 0) is 63.8 Å². The molecule has 0 spiro atoms. The summed E-state index contributed by atoms with van der Waals surface area (Å²) >= 11 is 3.41. The number of urea groups is 1. The number of anilines is 1. The van der Waals surface area contributed by atoms with Gasteiger partial charge in [-0.1, -0.05) is 25.1 Å². The molecule has 1 N–H and O–H groups in total. The first-order valence-electron chi connectivity index (χ1n) is 11.2. The molecule has 0 aliphatic carbocycles. The molecule has 2 heterocycles. The zero-order valence-corrected chi connectivity index (χ0v) is 20.7. The molecule has 2 aromatic rings. The van der Waals surface area contributed by atoms with Crippen LogP contribution in [-0.2, 0) is 25.5 Å². The van der Waals surface area contributed by atoms with Gasteiger partial charge in [-0.2, -0.15) is 0 Å². The van der Waals surface area contributed by atoms with Gasteiger partial charge in [-0.15, -0.1) is 0 Å². The molecule has 0 unspecified atom stereocenters. The van der Waals surface area contributed by atoms with Gasteiger partial charge in [0.25, 0.3) is 17.7 Å². The monoisotopic (exact) mass is 541 g/mol. The minimum atomic E-state index is -0.795. The van der Waals surface area contributed by atoms with Crippen LogP contribution in [-0.4, -0.2) is 61.6 Å². The molecule has 0 bridgehead atoms. The van der Waals surface area contributed by atoms with E-state index in [0.717, 1.165) is 16.9 Å². The van der Waals surface area contributed by atoms with Crippen molar-refractivity contribution in [1.82, 2.24) is 10.2 Å². The van der Waals surface area contributed by atoms with E-state index in [1.165, 1.54) is 6.08 Å². The highest BCUT2D eigenvalue weighted by molar-refractivity contribution is 9.10. The Morgan fingerprint density at radius 1 is 1.11 bits per heavy atom. The van der Waals surface area contributed by atoms with Crippen molar-refractivity contribution < 1.29 is 28.7 Å². The van der Waals surface area contributed by atoms with Crippen LogP contribution in [0, 0.1) is 0 Å². The van der Waals surface area contributed by atoms with E-state index in [0.29, 0.717) is 47.8 Å². The summed E-state index contributed by atoms with van der Waals surface area (Å²) < 4.78 is 11.4. The van der Waals surface area contributed by atoms with Crippen molar-refractivity contribution in [3.8, 4) is 5.75 Å². The number of imide groups is 2. The standard InChI is InChI=1S/C25H24BrN3O6/c1-2-16-3-6-18(7-4-16)29-24(32)19(23(31)27-25(29)33)13-17-5-8-21(20(26)14-17)35-15-22(30)28-9-11-34-12-10-28/h3-8,13-14H,2,9-12,15H2,1H3,(H,27,31,33)/b19-13+. The molecule has 0 aromatic heterocycles. The minimum absolute atomic E-state index is 0.117. The number of hydrogen-bond donors (Lipinski definition) is 1. The van der Waals surface area contributed by atoms with Gasteiger partial charge in [0.2, 0.25) is 0 Å². The molecule has 2 fully saturated rings. The highest BCUT2D eigenvalue weighted by atomic mass is 79.9. The molecule has 0 radical (unpaired) electrons. The second-order valence-corrected chi connectivity index (χ2v) is 8.80. The molecule has 182 valence electrons. The zero-order valence-electron chi connectivity index (χ0n) is 19.1. The summed E-state index contributed by atoms with van der Waals surface area (Å²) in [5.41, 5.74) is 1.80. The first-order valence-corrected chi connectivity index (χ1v) is 11.9. The number of hydrogen-bond acceptors (Lipinski definition) is 6. The molecule has 2 saturated heterocycles. The molecule has 2 aliphatic rings. The van der Waals surface area contributed by atoms with E-state index in [1.807, 2.05) is 19.1 Å². The number of barbiturate groups is 1. The van der Waals surface area contributed by atoms with Gasteiger partial charge in [0, 0.05) is 13.1 Å². The summed E-state index contributed by atoms with van der Waals surface area (Å²) in [4.78, 5) is 52.8. The number of carbonyl (C=O) groups is 4. The van der Waals surface area contributed by atoms with Crippen LogP contribution in [0.15, 0.2) is 52.5 Å². The number of amides is 5. The zero-order chi connectivity index (χ0) is 24.9. The maximum absolute atomic E-state index is 13.1. The Bertz CT molecular complexity index is 1190. The molecule has 5 amide bonds. The van der Waals surface area contributed by atoms with E-state index in [9.17, 15) is 19.2 Å². The van der Waals surface area contributed by atoms with E-state index in [2.05, 4.69) is 21.2 Å². The lowest BCUT2D eigenvalue weighted by atomic mass is 10.1. The maximum Gasteiger partial charge on any atom is 0.335 e. The molecular weight excluding hydrogens is 518 g/mol. The molecule has 2 aliphatic heterocycles. The summed E-state index contributed by atoms with van der Waals surface area (Å²) in [6, 6.07) is 11.2. The van der Waals surface area contributed by atoms with Gasteiger partial charge in [0.1, 0.15) is 11.3 Å². The van der Waals surface area contributed by atoms with E-state index in [-0.39, 0.29) is 18.1 Å². The van der Waals surface area contributed by atoms with E-state index < -0.39 is 17.8 Å². The van der Waals surface area contributed by atoms with E-state index in [4.69, 9.17) is 9.47 Å². The number of ether oxygens (including phenoxy) is 2. The number of aryl methyl sites for hydroxylation is 1. The largest absolute Gasteiger partial charge is 0.483 e. The Hall–Kier alpha value is -3.50. The van der Waals surface area contributed by atoms with Crippen LogP contribution in [0.3, 0.4) is 0 Å². The quantitative estimate of drug-likeness (QED) is 0.445. The van der Waals surface area contributed by atoms with Crippen LogP contribution in [0.1, 0.15) is 18.1 Å². The third-order valence-electron chi connectivity index (χ3n) is 5.69. The molecule has 35 heavy (non-hydrogen) atoms. The summed E-state index contributed by atoms with van der Waals surface area (Å²) in [6.07, 6.45) is 2.23. The lowest BCUT2D eigenvalue weighted by molar-refractivity contribution is -0.137. The van der Waals surface area contributed by atoms with Crippen LogP contribution >= 0.6 is 15.9 Å². The molecule has 0 saturated carbocycles. The SMILES string of the molecule is CCc1ccc(N2C(=O)NC(=O)/C(=C\c3ccc(OCC(=O)N4CCOCC4)c(Br)c3)C2=O)cc1. The third-order valence-corrected chi connectivity index (χ3v) is 6.31. The van der Waals surface area contributed by atoms with Crippen molar-refractivity contribution in [1.29, 1.82) is 0 Å². The Morgan fingerprint density at radius 2 is 1.83 bits per heavy atom. The van der Waals surface area contributed by atoms with E-state index >= 15 is 0 Å². The van der Waals surface area contributed by atoms with Crippen molar-refractivity contribution in [3.05, 3.63) is 63.6 Å². The normalized spacial score (nSPS) is 17.5. The van der Waals surface area contributed by atoms with Crippen molar-refractivity contribution in [2.75, 3.05) is 37.8 Å². The average molecular weight is 542 g/mol. The molecule has 10 heteroatoms. The molecule has 4 rings (SSSR count). The van der Waals surface area contributed by atoms with Crippen molar-refractivity contribution >= 4 is 51.4 Å². The molecule has 0 atom stereocenters. The fourth-order valence-corrected chi connectivity index (χ4v) is 4.22. The number of morpholine rings is 1. The maximum atomic E-state index is 13.1. The topological polar surface area (TPSA) is 105 Å². The number of rotatable bonds is 6. The Labute approximate surface area is 210 Å².